The predicted octanol–water partition coefficient (Wildman–Crippen LogP) is 5.55. The third-order valence-corrected chi connectivity index (χ3v) is 6.90. The molecule has 1 unspecified atom stereocenters. The van der Waals surface area contributed by atoms with E-state index in [9.17, 15) is 4.39 Å². The molecule has 0 spiro atoms. The molecule has 0 aliphatic carbocycles. The number of benzene rings is 2. The lowest BCUT2D eigenvalue weighted by Gasteiger charge is -2.32. The molecular formula is C25H29ClFN3O2. The van der Waals surface area contributed by atoms with Crippen molar-refractivity contribution in [2.75, 3.05) is 26.3 Å². The summed E-state index contributed by atoms with van der Waals surface area (Å²) in [5.41, 5.74) is 2.89. The van der Waals surface area contributed by atoms with E-state index >= 15 is 0 Å². The van der Waals surface area contributed by atoms with E-state index in [1.807, 2.05) is 36.4 Å². The van der Waals surface area contributed by atoms with Gasteiger partial charge in [0.15, 0.2) is 6.80 Å². The van der Waals surface area contributed by atoms with Gasteiger partial charge in [0.2, 0.25) is 0 Å². The highest BCUT2D eigenvalue weighted by Gasteiger charge is 2.25. The fraction of sp³-hybridized carbons (Fsp3) is 0.480. The van der Waals surface area contributed by atoms with E-state index in [0.717, 1.165) is 73.0 Å². The average Bonchev–Trinajstić information content (AvgIpc) is 3.46. The summed E-state index contributed by atoms with van der Waals surface area (Å²) >= 11 is 6.33. The van der Waals surface area contributed by atoms with Gasteiger partial charge in [0, 0.05) is 11.6 Å². The predicted molar refractivity (Wildman–Crippen MR) is 124 cm³/mol. The quantitative estimate of drug-likeness (QED) is 0.466. The molecule has 3 aromatic rings. The number of ether oxygens (including phenoxy) is 2. The zero-order valence-electron chi connectivity index (χ0n) is 18.2. The third kappa shape index (κ3) is 4.63. The first-order valence-corrected chi connectivity index (χ1v) is 11.9. The van der Waals surface area contributed by atoms with E-state index in [4.69, 9.17) is 21.1 Å². The maximum atomic E-state index is 13.7. The number of fused-ring (bicyclic) bond motifs is 1. The second-order valence-electron chi connectivity index (χ2n) is 8.74. The van der Waals surface area contributed by atoms with Crippen LogP contribution in [0.4, 0.5) is 4.39 Å². The third-order valence-electron chi connectivity index (χ3n) is 6.67. The van der Waals surface area contributed by atoms with Crippen molar-refractivity contribution >= 4 is 22.6 Å². The van der Waals surface area contributed by atoms with Crippen LogP contribution in [-0.4, -0.2) is 46.9 Å². The molecule has 2 aliphatic rings. The zero-order chi connectivity index (χ0) is 21.9. The number of piperidine rings is 1. The molecule has 5 rings (SSSR count). The van der Waals surface area contributed by atoms with Crippen LogP contribution in [0.5, 0.6) is 5.75 Å². The molecule has 3 heterocycles. The van der Waals surface area contributed by atoms with Gasteiger partial charge in [-0.1, -0.05) is 23.7 Å². The lowest BCUT2D eigenvalue weighted by atomic mass is 9.88. The number of imidazole rings is 1. The molecule has 170 valence electrons. The molecule has 5 nitrogen and oxygen atoms in total. The van der Waals surface area contributed by atoms with Gasteiger partial charge in [0.1, 0.15) is 18.2 Å². The summed E-state index contributed by atoms with van der Waals surface area (Å²) in [6.07, 6.45) is 4.37. The number of nitrogens with zero attached hydrogens (tertiary/aromatic N) is 3. The lowest BCUT2D eigenvalue weighted by Crippen LogP contribution is -2.33. The standard InChI is InChI=1S/C25H29ClFN3O2/c26-19-7-8-24(32-16-20-4-3-13-31-20)21(14-19)18-9-11-29(12-10-18)15-25-28-22-5-1-2-6-23(22)30(25)17-27/h1-2,5-8,14,18,20H,3-4,9-13,15-17H2. The minimum Gasteiger partial charge on any atom is -0.491 e. The van der Waals surface area contributed by atoms with E-state index in [1.165, 1.54) is 5.56 Å². The molecule has 0 amide bonds. The van der Waals surface area contributed by atoms with E-state index in [0.29, 0.717) is 19.1 Å². The first kappa shape index (κ1) is 21.7. The Morgan fingerprint density at radius 3 is 2.75 bits per heavy atom. The molecule has 1 aromatic heterocycles. The second-order valence-corrected chi connectivity index (χ2v) is 9.18. The van der Waals surface area contributed by atoms with Crippen molar-refractivity contribution in [2.45, 2.75) is 51.0 Å². The van der Waals surface area contributed by atoms with Crippen molar-refractivity contribution in [1.82, 2.24) is 14.5 Å². The van der Waals surface area contributed by atoms with Gasteiger partial charge in [-0.05, 0) is 80.6 Å². The molecule has 0 saturated carbocycles. The Kier molecular flexibility index (Phi) is 6.62. The molecule has 32 heavy (non-hydrogen) atoms. The molecule has 0 N–H and O–H groups in total. The van der Waals surface area contributed by atoms with Crippen LogP contribution in [0.15, 0.2) is 42.5 Å². The first-order valence-electron chi connectivity index (χ1n) is 11.5. The topological polar surface area (TPSA) is 39.5 Å². The van der Waals surface area contributed by atoms with Crippen LogP contribution < -0.4 is 4.74 Å². The van der Waals surface area contributed by atoms with E-state index in [-0.39, 0.29) is 6.10 Å². The Hall–Kier alpha value is -2.15. The molecule has 2 fully saturated rings. The van der Waals surface area contributed by atoms with Crippen molar-refractivity contribution in [2.24, 2.45) is 0 Å². The number of alkyl halides is 1. The van der Waals surface area contributed by atoms with Crippen molar-refractivity contribution in [3.05, 3.63) is 58.9 Å². The Morgan fingerprint density at radius 2 is 1.97 bits per heavy atom. The fourth-order valence-electron chi connectivity index (χ4n) is 4.91. The molecule has 1 atom stereocenters. The highest BCUT2D eigenvalue weighted by molar-refractivity contribution is 6.30. The number of hydrogen-bond donors (Lipinski definition) is 0. The normalized spacial score (nSPS) is 20.2. The summed E-state index contributed by atoms with van der Waals surface area (Å²) < 4.78 is 27.3. The van der Waals surface area contributed by atoms with Crippen LogP contribution in [0.2, 0.25) is 5.02 Å². The molecular weight excluding hydrogens is 429 g/mol. The zero-order valence-corrected chi connectivity index (χ0v) is 18.9. The van der Waals surface area contributed by atoms with Gasteiger partial charge in [-0.15, -0.1) is 0 Å². The van der Waals surface area contributed by atoms with Crippen molar-refractivity contribution in [3.63, 3.8) is 0 Å². The summed E-state index contributed by atoms with van der Waals surface area (Å²) in [5, 5.41) is 0.739. The lowest BCUT2D eigenvalue weighted by molar-refractivity contribution is 0.0672. The second kappa shape index (κ2) is 9.77. The summed E-state index contributed by atoms with van der Waals surface area (Å²) in [6.45, 7) is 3.38. The number of hydrogen-bond acceptors (Lipinski definition) is 4. The van der Waals surface area contributed by atoms with Crippen LogP contribution in [-0.2, 0) is 18.1 Å². The fourth-order valence-corrected chi connectivity index (χ4v) is 5.09. The van der Waals surface area contributed by atoms with Gasteiger partial charge >= 0.3 is 0 Å². The number of halogens is 2. The Labute approximate surface area is 193 Å². The van der Waals surface area contributed by atoms with Crippen molar-refractivity contribution in [1.29, 1.82) is 0 Å². The van der Waals surface area contributed by atoms with Gasteiger partial charge in [0.25, 0.3) is 0 Å². The van der Waals surface area contributed by atoms with Gasteiger partial charge < -0.3 is 9.47 Å². The minimum atomic E-state index is -0.555. The SMILES string of the molecule is FCn1c(CN2CCC(c3cc(Cl)ccc3OCC3CCCO3)CC2)nc2ccccc21. The van der Waals surface area contributed by atoms with Crippen molar-refractivity contribution in [3.8, 4) is 5.75 Å². The smallest absolute Gasteiger partial charge is 0.167 e. The first-order chi connectivity index (χ1) is 15.7. The maximum Gasteiger partial charge on any atom is 0.167 e. The largest absolute Gasteiger partial charge is 0.491 e. The minimum absolute atomic E-state index is 0.190. The number of likely N-dealkylation sites (tertiary alicyclic amines) is 1. The average molecular weight is 458 g/mol. The molecule has 2 aliphatic heterocycles. The molecule has 0 bridgehead atoms. The Morgan fingerprint density at radius 1 is 1.12 bits per heavy atom. The van der Waals surface area contributed by atoms with Gasteiger partial charge in [0.05, 0.1) is 23.7 Å². The number of aromatic nitrogens is 2. The maximum absolute atomic E-state index is 13.7. The van der Waals surface area contributed by atoms with Crippen LogP contribution in [0.25, 0.3) is 11.0 Å². The van der Waals surface area contributed by atoms with Gasteiger partial charge in [-0.2, -0.15) is 0 Å². The molecule has 2 aromatic carbocycles. The summed E-state index contributed by atoms with van der Waals surface area (Å²) in [5.74, 6) is 2.10. The number of para-hydroxylation sites is 2. The van der Waals surface area contributed by atoms with Crippen molar-refractivity contribution < 1.29 is 13.9 Å². The highest BCUT2D eigenvalue weighted by atomic mass is 35.5. The summed E-state index contributed by atoms with van der Waals surface area (Å²) in [4.78, 5) is 7.04. The van der Waals surface area contributed by atoms with Crippen LogP contribution in [0.1, 0.15) is 43.0 Å². The van der Waals surface area contributed by atoms with Crippen LogP contribution >= 0.6 is 11.6 Å². The Bertz CT molecular complexity index is 1060. The molecule has 0 radical (unpaired) electrons. The van der Waals surface area contributed by atoms with Crippen LogP contribution in [0, 0.1) is 0 Å². The molecule has 2 saturated heterocycles. The number of rotatable bonds is 7. The summed E-state index contributed by atoms with van der Waals surface area (Å²) in [7, 11) is 0. The van der Waals surface area contributed by atoms with Gasteiger partial charge in [-0.3, -0.25) is 9.47 Å². The Balaban J connectivity index is 1.24. The van der Waals surface area contributed by atoms with E-state index in [2.05, 4.69) is 16.0 Å². The van der Waals surface area contributed by atoms with Gasteiger partial charge in [-0.25, -0.2) is 9.37 Å². The monoisotopic (exact) mass is 457 g/mol. The van der Waals surface area contributed by atoms with Crippen LogP contribution in [0.3, 0.4) is 0 Å². The molecule has 7 heteroatoms. The van der Waals surface area contributed by atoms with E-state index < -0.39 is 6.80 Å². The highest BCUT2D eigenvalue weighted by Crippen LogP contribution is 2.36. The van der Waals surface area contributed by atoms with E-state index in [1.54, 1.807) is 4.57 Å². The summed E-state index contributed by atoms with van der Waals surface area (Å²) in [6, 6.07) is 13.7.